The number of amides is 1. The fourth-order valence-electron chi connectivity index (χ4n) is 2.03. The Morgan fingerprint density at radius 2 is 2.16 bits per heavy atom. The normalized spacial score (nSPS) is 12.7. The number of hydrogen-bond donors (Lipinski definition) is 1. The molecule has 1 aromatic heterocycles. The first-order valence-corrected chi connectivity index (χ1v) is 7.61. The van der Waals surface area contributed by atoms with Gasteiger partial charge < -0.3 is 10.6 Å². The summed E-state index contributed by atoms with van der Waals surface area (Å²) in [4.78, 5) is 20.3. The predicted octanol–water partition coefficient (Wildman–Crippen LogP) is 1.16. The third kappa shape index (κ3) is 4.89. The van der Waals surface area contributed by atoms with E-state index in [4.69, 9.17) is 5.73 Å². The van der Waals surface area contributed by atoms with E-state index in [1.165, 1.54) is 0 Å². The van der Waals surface area contributed by atoms with Crippen LogP contribution in [0.2, 0.25) is 0 Å². The lowest BCUT2D eigenvalue weighted by Crippen LogP contribution is -2.42. The van der Waals surface area contributed by atoms with Crippen molar-refractivity contribution >= 4 is 17.2 Å². The molecule has 1 unspecified atom stereocenters. The van der Waals surface area contributed by atoms with Crippen molar-refractivity contribution in [2.45, 2.75) is 32.9 Å². The summed E-state index contributed by atoms with van der Waals surface area (Å²) in [6.07, 6.45) is 0.471. The Balaban J connectivity index is 2.54. The van der Waals surface area contributed by atoms with E-state index in [0.29, 0.717) is 13.0 Å². The summed E-state index contributed by atoms with van der Waals surface area (Å²) in [5.41, 5.74) is 8.65. The van der Waals surface area contributed by atoms with Gasteiger partial charge in [-0.15, -0.1) is 11.3 Å². The molecule has 108 valence electrons. The van der Waals surface area contributed by atoms with Gasteiger partial charge in [0.2, 0.25) is 5.91 Å². The summed E-state index contributed by atoms with van der Waals surface area (Å²) in [7, 11) is 1.99. The van der Waals surface area contributed by atoms with Crippen molar-refractivity contribution in [3.8, 4) is 0 Å². The summed E-state index contributed by atoms with van der Waals surface area (Å²) in [5, 5.41) is 2.02. The zero-order valence-corrected chi connectivity index (χ0v) is 12.8. The lowest BCUT2D eigenvalue weighted by atomic mass is 10.1. The highest BCUT2D eigenvalue weighted by Crippen LogP contribution is 2.10. The molecule has 0 aromatic carbocycles. The van der Waals surface area contributed by atoms with Gasteiger partial charge in [0.15, 0.2) is 0 Å². The first kappa shape index (κ1) is 16.1. The second-order valence-corrected chi connectivity index (χ2v) is 5.27. The summed E-state index contributed by atoms with van der Waals surface area (Å²) in [6.45, 7) is 6.71. The third-order valence-electron chi connectivity index (χ3n) is 3.32. The molecule has 1 atom stereocenters. The maximum absolute atomic E-state index is 12.1. The lowest BCUT2D eigenvalue weighted by Gasteiger charge is -2.28. The van der Waals surface area contributed by atoms with E-state index in [9.17, 15) is 4.79 Å². The van der Waals surface area contributed by atoms with Crippen molar-refractivity contribution in [3.63, 3.8) is 0 Å². The van der Waals surface area contributed by atoms with E-state index in [-0.39, 0.29) is 11.9 Å². The van der Waals surface area contributed by atoms with Crippen LogP contribution in [-0.4, -0.2) is 53.4 Å². The van der Waals surface area contributed by atoms with Crippen molar-refractivity contribution in [1.29, 1.82) is 0 Å². The first-order valence-electron chi connectivity index (χ1n) is 6.67. The van der Waals surface area contributed by atoms with Gasteiger partial charge in [0.1, 0.15) is 0 Å². The molecule has 6 heteroatoms. The Hall–Kier alpha value is -0.980. The average Bonchev–Trinajstić information content (AvgIpc) is 2.90. The molecule has 1 aromatic rings. The van der Waals surface area contributed by atoms with Crippen molar-refractivity contribution in [3.05, 3.63) is 16.6 Å². The van der Waals surface area contributed by atoms with Crippen molar-refractivity contribution in [2.24, 2.45) is 5.73 Å². The summed E-state index contributed by atoms with van der Waals surface area (Å²) in [6, 6.07) is 0.0646. The van der Waals surface area contributed by atoms with Gasteiger partial charge >= 0.3 is 0 Å². The Kier molecular flexibility index (Phi) is 6.97. The van der Waals surface area contributed by atoms with Crippen LogP contribution in [0.3, 0.4) is 0 Å². The van der Waals surface area contributed by atoms with Crippen molar-refractivity contribution in [2.75, 3.05) is 26.7 Å². The molecule has 0 fully saturated rings. The molecule has 5 nitrogen and oxygen atoms in total. The van der Waals surface area contributed by atoms with Crippen LogP contribution in [-0.2, 0) is 11.3 Å². The fourth-order valence-corrected chi connectivity index (χ4v) is 2.58. The number of likely N-dealkylation sites (N-methyl/N-ethyl adjacent to an activating group) is 1. The van der Waals surface area contributed by atoms with Gasteiger partial charge in [-0.1, -0.05) is 0 Å². The molecule has 0 aliphatic carbocycles. The van der Waals surface area contributed by atoms with Crippen LogP contribution in [0.25, 0.3) is 0 Å². The van der Waals surface area contributed by atoms with Crippen LogP contribution in [0.1, 0.15) is 26.0 Å². The maximum Gasteiger partial charge on any atom is 0.224 e. The molecule has 0 spiro atoms. The molecule has 19 heavy (non-hydrogen) atoms. The van der Waals surface area contributed by atoms with Crippen LogP contribution in [0.15, 0.2) is 10.9 Å². The van der Waals surface area contributed by atoms with Gasteiger partial charge in [-0.2, -0.15) is 0 Å². The average molecular weight is 284 g/mol. The van der Waals surface area contributed by atoms with Crippen molar-refractivity contribution < 1.29 is 4.79 Å². The molecule has 0 aliphatic rings. The van der Waals surface area contributed by atoms with Gasteiger partial charge in [-0.3, -0.25) is 9.69 Å². The maximum atomic E-state index is 12.1. The smallest absolute Gasteiger partial charge is 0.224 e. The van der Waals surface area contributed by atoms with Crippen LogP contribution >= 0.6 is 11.3 Å². The monoisotopic (exact) mass is 284 g/mol. The van der Waals surface area contributed by atoms with E-state index < -0.39 is 0 Å². The molecule has 0 bridgehead atoms. The lowest BCUT2D eigenvalue weighted by molar-refractivity contribution is -0.132. The molecule has 1 amide bonds. The molecule has 0 saturated heterocycles. The predicted molar refractivity (Wildman–Crippen MR) is 79.0 cm³/mol. The Bertz CT molecular complexity index is 365. The summed E-state index contributed by atoms with van der Waals surface area (Å²) in [5.74, 6) is 0.172. The number of nitrogens with two attached hydrogens (primary N) is 1. The third-order valence-corrected chi connectivity index (χ3v) is 3.95. The first-order chi connectivity index (χ1) is 9.12. The number of hydrogen-bond acceptors (Lipinski definition) is 5. The molecule has 0 saturated carbocycles. The van der Waals surface area contributed by atoms with Crippen LogP contribution in [0.5, 0.6) is 0 Å². The van der Waals surface area contributed by atoms with E-state index in [0.717, 1.165) is 25.3 Å². The fraction of sp³-hybridized carbons (Fsp3) is 0.692. The van der Waals surface area contributed by atoms with E-state index >= 15 is 0 Å². The van der Waals surface area contributed by atoms with Gasteiger partial charge in [0.25, 0.3) is 0 Å². The standard InChI is InChI=1S/C13H24N4OS/c1-4-17(5-2)13(18)6-12(7-14)16(3)8-11-9-19-10-15-11/h9-10,12H,4-8,14H2,1-3H3. The van der Waals surface area contributed by atoms with E-state index in [2.05, 4.69) is 9.88 Å². The highest BCUT2D eigenvalue weighted by Gasteiger charge is 2.20. The Morgan fingerprint density at radius 3 is 2.63 bits per heavy atom. The molecule has 1 rings (SSSR count). The number of thiazole rings is 1. The topological polar surface area (TPSA) is 62.5 Å². The molecule has 1 heterocycles. The molecular formula is C13H24N4OS. The molecular weight excluding hydrogens is 260 g/mol. The van der Waals surface area contributed by atoms with Gasteiger partial charge in [-0.05, 0) is 20.9 Å². The minimum absolute atomic E-state index is 0.0646. The number of aromatic nitrogens is 1. The Morgan fingerprint density at radius 1 is 1.47 bits per heavy atom. The second kappa shape index (κ2) is 8.24. The van der Waals surface area contributed by atoms with Crippen LogP contribution in [0, 0.1) is 0 Å². The quantitative estimate of drug-likeness (QED) is 0.778. The summed E-state index contributed by atoms with van der Waals surface area (Å²) < 4.78 is 0. The molecule has 2 N–H and O–H groups in total. The number of rotatable bonds is 8. The van der Waals surface area contributed by atoms with E-state index in [1.807, 2.05) is 36.7 Å². The van der Waals surface area contributed by atoms with Crippen LogP contribution < -0.4 is 5.73 Å². The van der Waals surface area contributed by atoms with Crippen LogP contribution in [0.4, 0.5) is 0 Å². The molecule has 0 radical (unpaired) electrons. The van der Waals surface area contributed by atoms with Crippen molar-refractivity contribution in [1.82, 2.24) is 14.8 Å². The zero-order chi connectivity index (χ0) is 14.3. The number of nitrogens with zero attached hydrogens (tertiary/aromatic N) is 3. The van der Waals surface area contributed by atoms with E-state index in [1.54, 1.807) is 11.3 Å². The van der Waals surface area contributed by atoms with Gasteiger partial charge in [0, 0.05) is 44.0 Å². The minimum atomic E-state index is 0.0646. The van der Waals surface area contributed by atoms with Gasteiger partial charge in [-0.25, -0.2) is 4.98 Å². The minimum Gasteiger partial charge on any atom is -0.343 e. The SMILES string of the molecule is CCN(CC)C(=O)CC(CN)N(C)Cc1cscn1. The van der Waals surface area contributed by atoms with Gasteiger partial charge in [0.05, 0.1) is 11.2 Å². The zero-order valence-electron chi connectivity index (χ0n) is 12.0. The molecule has 0 aliphatic heterocycles. The number of carbonyl (C=O) groups is 1. The second-order valence-electron chi connectivity index (χ2n) is 4.55. The highest BCUT2D eigenvalue weighted by atomic mass is 32.1. The Labute approximate surface area is 119 Å². The summed E-state index contributed by atoms with van der Waals surface area (Å²) >= 11 is 1.58. The largest absolute Gasteiger partial charge is 0.343 e. The highest BCUT2D eigenvalue weighted by molar-refractivity contribution is 7.07. The number of carbonyl (C=O) groups excluding carboxylic acids is 1.